The first-order chi connectivity index (χ1) is 8.35. The van der Waals surface area contributed by atoms with Gasteiger partial charge in [-0.25, -0.2) is 0 Å². The Morgan fingerprint density at radius 3 is 2.17 bits per heavy atom. The van der Waals surface area contributed by atoms with Crippen LogP contribution in [0.2, 0.25) is 0 Å². The molecule has 18 heavy (non-hydrogen) atoms. The molecule has 1 aliphatic carbocycles. The van der Waals surface area contributed by atoms with Gasteiger partial charge in [0, 0.05) is 18.6 Å². The van der Waals surface area contributed by atoms with Crippen LogP contribution in [0.25, 0.3) is 0 Å². The predicted octanol–water partition coefficient (Wildman–Crippen LogP) is 3.26. The standard InChI is InChI=1S/C16H32N2/c1-15(2,3)14-8-9-18(11-14)16(4,12-17)10-13-6-5-7-13/h13-14H,5-12,17H2,1-4H3. The highest BCUT2D eigenvalue weighted by atomic mass is 15.2. The molecule has 2 rings (SSSR count). The fourth-order valence-electron chi connectivity index (χ4n) is 3.62. The minimum atomic E-state index is 0.255. The fraction of sp³-hybridized carbons (Fsp3) is 1.00. The Bertz CT molecular complexity index is 277. The van der Waals surface area contributed by atoms with Gasteiger partial charge in [0.25, 0.3) is 0 Å². The Balaban J connectivity index is 1.96. The molecule has 2 atom stereocenters. The van der Waals surface area contributed by atoms with Crippen LogP contribution in [0.4, 0.5) is 0 Å². The summed E-state index contributed by atoms with van der Waals surface area (Å²) in [5.74, 6) is 1.79. The van der Waals surface area contributed by atoms with Crippen molar-refractivity contribution in [2.75, 3.05) is 19.6 Å². The van der Waals surface area contributed by atoms with Gasteiger partial charge in [0.1, 0.15) is 0 Å². The van der Waals surface area contributed by atoms with Crippen molar-refractivity contribution in [3.63, 3.8) is 0 Å². The molecule has 1 heterocycles. The summed E-state index contributed by atoms with van der Waals surface area (Å²) in [6, 6.07) is 0. The van der Waals surface area contributed by atoms with Gasteiger partial charge in [-0.1, -0.05) is 40.0 Å². The lowest BCUT2D eigenvalue weighted by atomic mass is 9.75. The van der Waals surface area contributed by atoms with E-state index in [9.17, 15) is 0 Å². The molecule has 2 N–H and O–H groups in total. The molecule has 1 saturated carbocycles. The van der Waals surface area contributed by atoms with Gasteiger partial charge in [-0.3, -0.25) is 4.90 Å². The van der Waals surface area contributed by atoms with Gasteiger partial charge in [-0.05, 0) is 43.6 Å². The van der Waals surface area contributed by atoms with E-state index in [0.29, 0.717) is 5.41 Å². The van der Waals surface area contributed by atoms with E-state index in [2.05, 4.69) is 32.6 Å². The molecule has 0 aromatic rings. The smallest absolute Gasteiger partial charge is 0.0306 e. The van der Waals surface area contributed by atoms with Gasteiger partial charge >= 0.3 is 0 Å². The summed E-state index contributed by atoms with van der Waals surface area (Å²) in [6.07, 6.45) is 6.98. The molecule has 0 spiro atoms. The number of rotatable bonds is 4. The van der Waals surface area contributed by atoms with E-state index in [0.717, 1.165) is 18.4 Å². The Hall–Kier alpha value is -0.0800. The molecule has 2 nitrogen and oxygen atoms in total. The van der Waals surface area contributed by atoms with Crippen LogP contribution < -0.4 is 5.73 Å². The second-order valence-corrected chi connectivity index (χ2v) is 8.00. The Labute approximate surface area is 113 Å². The minimum Gasteiger partial charge on any atom is -0.329 e. The van der Waals surface area contributed by atoms with Crippen molar-refractivity contribution >= 4 is 0 Å². The molecule has 2 unspecified atom stereocenters. The van der Waals surface area contributed by atoms with Gasteiger partial charge in [-0.2, -0.15) is 0 Å². The van der Waals surface area contributed by atoms with Gasteiger partial charge in [0.2, 0.25) is 0 Å². The maximum Gasteiger partial charge on any atom is 0.0306 e. The molecule has 0 bridgehead atoms. The Morgan fingerprint density at radius 2 is 1.78 bits per heavy atom. The average Bonchev–Trinajstić information content (AvgIpc) is 2.72. The molecule has 2 heteroatoms. The van der Waals surface area contributed by atoms with Gasteiger partial charge in [-0.15, -0.1) is 0 Å². The van der Waals surface area contributed by atoms with Gasteiger partial charge in [0.15, 0.2) is 0 Å². The SMILES string of the molecule is CC(C)(C)C1CCN(C(C)(CN)CC2CCC2)C1. The Morgan fingerprint density at radius 1 is 1.11 bits per heavy atom. The van der Waals surface area contributed by atoms with E-state index in [1.54, 1.807) is 0 Å². The first kappa shape index (κ1) is 14.3. The average molecular weight is 252 g/mol. The lowest BCUT2D eigenvalue weighted by Gasteiger charge is -2.43. The molecule has 0 aromatic carbocycles. The summed E-state index contributed by atoms with van der Waals surface area (Å²) < 4.78 is 0. The molecule has 2 fully saturated rings. The molecule has 1 saturated heterocycles. The number of nitrogens with two attached hydrogens (primary N) is 1. The van der Waals surface area contributed by atoms with E-state index in [1.807, 2.05) is 0 Å². The van der Waals surface area contributed by atoms with Gasteiger partial charge in [0.05, 0.1) is 0 Å². The van der Waals surface area contributed by atoms with Crippen LogP contribution in [-0.2, 0) is 0 Å². The summed E-state index contributed by atoms with van der Waals surface area (Å²) in [5.41, 5.74) is 6.83. The minimum absolute atomic E-state index is 0.255. The van der Waals surface area contributed by atoms with Crippen molar-refractivity contribution in [1.82, 2.24) is 4.90 Å². The first-order valence-electron chi connectivity index (χ1n) is 7.80. The highest BCUT2D eigenvalue weighted by Crippen LogP contribution is 2.40. The maximum atomic E-state index is 6.13. The highest BCUT2D eigenvalue weighted by molar-refractivity contribution is 4.96. The third-order valence-electron chi connectivity index (χ3n) is 5.57. The molecule has 0 amide bonds. The van der Waals surface area contributed by atoms with Crippen molar-refractivity contribution in [3.8, 4) is 0 Å². The Kier molecular flexibility index (Phi) is 4.08. The van der Waals surface area contributed by atoms with Crippen LogP contribution in [-0.4, -0.2) is 30.1 Å². The van der Waals surface area contributed by atoms with Crippen molar-refractivity contribution in [3.05, 3.63) is 0 Å². The molecular weight excluding hydrogens is 220 g/mol. The maximum absolute atomic E-state index is 6.13. The number of hydrogen-bond donors (Lipinski definition) is 1. The van der Waals surface area contributed by atoms with Crippen LogP contribution in [0.15, 0.2) is 0 Å². The number of hydrogen-bond acceptors (Lipinski definition) is 2. The zero-order valence-corrected chi connectivity index (χ0v) is 12.8. The molecule has 0 aromatic heterocycles. The highest BCUT2D eigenvalue weighted by Gasteiger charge is 2.41. The second kappa shape index (κ2) is 5.13. The quantitative estimate of drug-likeness (QED) is 0.832. The summed E-state index contributed by atoms with van der Waals surface area (Å²) >= 11 is 0. The number of nitrogens with zero attached hydrogens (tertiary/aromatic N) is 1. The van der Waals surface area contributed by atoms with E-state index in [4.69, 9.17) is 5.73 Å². The molecular formula is C16H32N2. The normalized spacial score (nSPS) is 30.2. The van der Waals surface area contributed by atoms with Crippen LogP contribution in [0, 0.1) is 17.3 Å². The van der Waals surface area contributed by atoms with Crippen LogP contribution in [0.5, 0.6) is 0 Å². The summed E-state index contributed by atoms with van der Waals surface area (Å²) in [6.45, 7) is 12.9. The van der Waals surface area contributed by atoms with Crippen molar-refractivity contribution in [1.29, 1.82) is 0 Å². The van der Waals surface area contributed by atoms with E-state index in [-0.39, 0.29) is 5.54 Å². The lowest BCUT2D eigenvalue weighted by molar-refractivity contribution is 0.0795. The molecule has 1 aliphatic heterocycles. The van der Waals surface area contributed by atoms with Crippen LogP contribution in [0.3, 0.4) is 0 Å². The third-order valence-corrected chi connectivity index (χ3v) is 5.57. The van der Waals surface area contributed by atoms with Crippen molar-refractivity contribution in [2.45, 2.75) is 65.3 Å². The predicted molar refractivity (Wildman–Crippen MR) is 78.6 cm³/mol. The van der Waals surface area contributed by atoms with E-state index < -0.39 is 0 Å². The number of likely N-dealkylation sites (tertiary alicyclic amines) is 1. The molecule has 2 aliphatic rings. The zero-order valence-electron chi connectivity index (χ0n) is 12.8. The second-order valence-electron chi connectivity index (χ2n) is 8.00. The largest absolute Gasteiger partial charge is 0.329 e. The summed E-state index contributed by atoms with van der Waals surface area (Å²) in [5, 5.41) is 0. The molecule has 0 radical (unpaired) electrons. The zero-order chi connectivity index (χ0) is 13.4. The topological polar surface area (TPSA) is 29.3 Å². The first-order valence-corrected chi connectivity index (χ1v) is 7.80. The van der Waals surface area contributed by atoms with Gasteiger partial charge < -0.3 is 5.73 Å². The van der Waals surface area contributed by atoms with Crippen molar-refractivity contribution < 1.29 is 0 Å². The lowest BCUT2D eigenvalue weighted by Crippen LogP contribution is -2.52. The monoisotopic (exact) mass is 252 g/mol. The van der Waals surface area contributed by atoms with E-state index >= 15 is 0 Å². The fourth-order valence-corrected chi connectivity index (χ4v) is 3.62. The van der Waals surface area contributed by atoms with Crippen LogP contribution in [0.1, 0.15) is 59.8 Å². The van der Waals surface area contributed by atoms with Crippen molar-refractivity contribution in [2.24, 2.45) is 23.0 Å². The summed E-state index contributed by atoms with van der Waals surface area (Å²) in [7, 11) is 0. The van der Waals surface area contributed by atoms with E-state index in [1.165, 1.54) is 45.2 Å². The third kappa shape index (κ3) is 2.91. The van der Waals surface area contributed by atoms with Crippen LogP contribution >= 0.6 is 0 Å². The summed E-state index contributed by atoms with van der Waals surface area (Å²) in [4.78, 5) is 2.70. The molecule has 106 valence electrons.